The summed E-state index contributed by atoms with van der Waals surface area (Å²) in [5, 5.41) is 1.00. The molecule has 8 saturated carbocycles. The van der Waals surface area contributed by atoms with E-state index in [1.165, 1.54) is 103 Å². The standard InChI is InChI=1S/C48H94O9S12Si3/c1-10-49-70(50-11-2,51-12-3)48(36-40-22-26-45(48)33-40)67(28-27-42-30-37-19-23-41(42)29-37,64-69(61-59,47-35-39-21-25-44(47)32-39)66-72(55-16-7,56-17-8)57-18-9)62-63-68(60-58,46-34-38-20-24-43(46)31-38)65-71(52-13-4,53-14-5)54-15-6/h37-47,58-59H,10-36H2,1-9H3. The van der Waals surface area contributed by atoms with Crippen LogP contribution < -0.4 is 0 Å². The van der Waals surface area contributed by atoms with Crippen molar-refractivity contribution >= 4 is 140 Å². The number of fused-ring (bicyclic) bond motifs is 8. The quantitative estimate of drug-likeness (QED) is 0.0354. The van der Waals surface area contributed by atoms with Gasteiger partial charge in [0.15, 0.2) is 0 Å². The van der Waals surface area contributed by atoms with Crippen molar-refractivity contribution in [1.82, 2.24) is 0 Å². The second-order valence-electron chi connectivity index (χ2n) is 21.4. The van der Waals surface area contributed by atoms with Crippen LogP contribution in [0.2, 0.25) is 0 Å². The van der Waals surface area contributed by atoms with Crippen LogP contribution in [0, 0.1) is 53.3 Å². The van der Waals surface area contributed by atoms with Gasteiger partial charge in [0.25, 0.3) is 0 Å². The zero-order valence-corrected chi connectivity index (χ0v) is 58.0. The predicted molar refractivity (Wildman–Crippen MR) is 341 cm³/mol. The summed E-state index contributed by atoms with van der Waals surface area (Å²) in [4.78, 5) is 0. The average Bonchev–Trinajstić information content (AvgIpc) is 4.25. The van der Waals surface area contributed by atoms with E-state index in [2.05, 4.69) is 91.8 Å². The molecule has 15 unspecified atom stereocenters. The smallest absolute Gasteiger partial charge is 0.373 e. The Morgan fingerprint density at radius 3 is 1.25 bits per heavy atom. The molecule has 24 heteroatoms. The van der Waals surface area contributed by atoms with Gasteiger partial charge in [-0.1, -0.05) is 63.3 Å². The molecule has 0 aliphatic heterocycles. The van der Waals surface area contributed by atoms with Crippen molar-refractivity contribution in [3.05, 3.63) is 0 Å². The molecule has 8 rings (SSSR count). The van der Waals surface area contributed by atoms with Crippen LogP contribution in [0.4, 0.5) is 0 Å². The molecule has 0 radical (unpaired) electrons. The van der Waals surface area contributed by atoms with E-state index >= 15 is 0 Å². The highest BCUT2D eigenvalue weighted by atomic mass is 34.2. The van der Waals surface area contributed by atoms with Gasteiger partial charge in [-0.25, -0.2) is 0 Å². The number of thiol groups is 2. The van der Waals surface area contributed by atoms with E-state index in [0.29, 0.717) is 93.6 Å². The normalized spacial score (nSPS) is 36.8. The fraction of sp³-hybridized carbons (Fsp3) is 1.00. The molecule has 0 N–H and O–H groups in total. The van der Waals surface area contributed by atoms with Crippen LogP contribution in [0.15, 0.2) is 0 Å². The zero-order valence-electron chi connectivity index (χ0n) is 45.1. The molecule has 9 nitrogen and oxygen atoms in total. The number of rotatable bonds is 36. The monoisotopic (exact) mass is 1280 g/mol. The average molecular weight is 1280 g/mol. The van der Waals surface area contributed by atoms with Crippen molar-refractivity contribution in [3.8, 4) is 0 Å². The highest BCUT2D eigenvalue weighted by molar-refractivity contribution is 9.75. The van der Waals surface area contributed by atoms with Gasteiger partial charge in [0.1, 0.15) is 0 Å². The molecule has 0 aromatic carbocycles. The molecule has 8 aliphatic carbocycles. The zero-order chi connectivity index (χ0) is 51.3. The summed E-state index contributed by atoms with van der Waals surface area (Å²) in [6, 6.07) is 0. The topological polar surface area (TPSA) is 83.1 Å². The van der Waals surface area contributed by atoms with E-state index in [-0.39, 0.29) is 4.37 Å². The van der Waals surface area contributed by atoms with Crippen LogP contribution in [0.5, 0.6) is 0 Å². The van der Waals surface area contributed by atoms with Crippen LogP contribution >= 0.6 is 115 Å². The molecule has 0 heterocycles. The maximum atomic E-state index is 7.61. The first-order valence-corrected chi connectivity index (χ1v) is 52.5. The second kappa shape index (κ2) is 27.9. The van der Waals surface area contributed by atoms with Gasteiger partial charge < -0.3 is 39.8 Å². The van der Waals surface area contributed by atoms with Gasteiger partial charge in [0.2, 0.25) is 0 Å². The van der Waals surface area contributed by atoms with Gasteiger partial charge in [-0.05, 0) is 274 Å². The minimum atomic E-state index is -3.52. The molecule has 72 heavy (non-hydrogen) atoms. The van der Waals surface area contributed by atoms with E-state index in [4.69, 9.17) is 63.2 Å². The summed E-state index contributed by atoms with van der Waals surface area (Å²) < 4.78 is 64.4. The van der Waals surface area contributed by atoms with Crippen LogP contribution in [-0.4, -0.2) is 105 Å². The lowest BCUT2D eigenvalue weighted by molar-refractivity contribution is 0.0495. The van der Waals surface area contributed by atoms with Crippen molar-refractivity contribution < 1.29 is 39.8 Å². The molecule has 0 aromatic heterocycles. The van der Waals surface area contributed by atoms with E-state index in [9.17, 15) is 0 Å². The van der Waals surface area contributed by atoms with Gasteiger partial charge in [-0.3, -0.25) is 0 Å². The Balaban J connectivity index is 1.40. The highest BCUT2D eigenvalue weighted by Crippen LogP contribution is 3.04. The van der Waals surface area contributed by atoms with Crippen molar-refractivity contribution in [1.29, 1.82) is 0 Å². The Bertz CT molecular complexity index is 1670. The summed E-state index contributed by atoms with van der Waals surface area (Å²) >= 11 is 11.3. The van der Waals surface area contributed by atoms with Gasteiger partial charge in [0.05, 0.1) is 4.37 Å². The van der Waals surface area contributed by atoms with Crippen LogP contribution in [0.3, 0.4) is 0 Å². The maximum Gasteiger partial charge on any atom is 0.584 e. The van der Waals surface area contributed by atoms with E-state index in [1.54, 1.807) is 0 Å². The number of hydrogen-bond donors (Lipinski definition) is 2. The van der Waals surface area contributed by atoms with Crippen molar-refractivity contribution in [2.75, 3.05) is 65.2 Å². The maximum absolute atomic E-state index is 7.61. The molecule has 0 aromatic rings. The lowest BCUT2D eigenvalue weighted by Crippen LogP contribution is -2.68. The Labute approximate surface area is 479 Å². The van der Waals surface area contributed by atoms with E-state index in [0.717, 1.165) is 41.8 Å². The molecule has 15 atom stereocenters. The minimum absolute atomic E-state index is 0.294. The first kappa shape index (κ1) is 62.5. The third kappa shape index (κ3) is 12.6. The molecule has 0 saturated heterocycles. The fourth-order valence-electron chi connectivity index (χ4n) is 15.2. The van der Waals surface area contributed by atoms with Crippen LogP contribution in [-0.2, 0) is 39.8 Å². The summed E-state index contributed by atoms with van der Waals surface area (Å²) in [6.45, 7) is 24.4. The third-order valence-corrected chi connectivity index (χ3v) is 94.7. The molecule has 0 spiro atoms. The molecule has 8 aliphatic rings. The van der Waals surface area contributed by atoms with E-state index in [1.807, 2.05) is 40.1 Å². The first-order valence-electron chi connectivity index (χ1n) is 28.2. The fourth-order valence-corrected chi connectivity index (χ4v) is 122. The van der Waals surface area contributed by atoms with Crippen molar-refractivity contribution in [2.45, 2.75) is 186 Å². The summed E-state index contributed by atoms with van der Waals surface area (Å²) in [5.74, 6) is 7.56. The SMILES string of the molecule is CCO[Si](OCC)(OCC)SS(SS)(SSS(CCC1CC2CCC1C2)(SS(SS)(S[Si](OCC)(OCC)OCC)C1CC2CCC1C2)C1([Si](OCC)(OCC)OCC)CC2CCC1C2)C1CC2CCC1C2. The summed E-state index contributed by atoms with van der Waals surface area (Å²) in [7, 11) is -0.805. The van der Waals surface area contributed by atoms with Crippen molar-refractivity contribution in [3.63, 3.8) is 0 Å². The Morgan fingerprint density at radius 2 is 0.889 bits per heavy atom. The Kier molecular flexibility index (Phi) is 24.2. The van der Waals surface area contributed by atoms with Gasteiger partial charge >= 0.3 is 24.7 Å². The molecule has 0 amide bonds. The lowest BCUT2D eigenvalue weighted by Gasteiger charge is -2.64. The lowest BCUT2D eigenvalue weighted by atomic mass is 9.87. The Morgan fingerprint density at radius 1 is 0.458 bits per heavy atom. The highest BCUT2D eigenvalue weighted by Gasteiger charge is 2.78. The predicted octanol–water partition coefficient (Wildman–Crippen LogP) is 17.9. The number of hydrogen-bond acceptors (Lipinski definition) is 18. The Hall–Kier alpha value is 4.49. The summed E-state index contributed by atoms with van der Waals surface area (Å²) in [6.07, 6.45) is 22.2. The summed E-state index contributed by atoms with van der Waals surface area (Å²) in [5.41, 5.74) is 0. The molecule has 424 valence electrons. The van der Waals surface area contributed by atoms with Crippen LogP contribution in [0.25, 0.3) is 0 Å². The minimum Gasteiger partial charge on any atom is -0.373 e. The largest absolute Gasteiger partial charge is 0.584 e. The van der Waals surface area contributed by atoms with Gasteiger partial charge in [-0.2, -0.15) is 0 Å². The van der Waals surface area contributed by atoms with Crippen molar-refractivity contribution in [2.24, 2.45) is 53.3 Å². The molecule has 8 fully saturated rings. The molecule has 8 bridgehead atoms. The van der Waals surface area contributed by atoms with E-state index < -0.39 is 47.1 Å². The van der Waals surface area contributed by atoms with Gasteiger partial charge in [-0.15, -0.1) is 8.09 Å². The first-order chi connectivity index (χ1) is 34.9. The van der Waals surface area contributed by atoms with Crippen LogP contribution in [0.1, 0.15) is 171 Å². The second-order valence-corrected chi connectivity index (χ2v) is 67.7. The third-order valence-electron chi connectivity index (χ3n) is 17.6. The molecular weight excluding hydrogens is 1190 g/mol. The van der Waals surface area contributed by atoms with Gasteiger partial charge in [0, 0.05) is 70.0 Å². The molecular formula is C48H94O9S12Si3.